The first-order valence-corrected chi connectivity index (χ1v) is 6.70. The Morgan fingerprint density at radius 2 is 2.28 bits per heavy atom. The van der Waals surface area contributed by atoms with E-state index in [0.29, 0.717) is 0 Å². The molecule has 92 valence electrons. The van der Waals surface area contributed by atoms with Crippen molar-refractivity contribution in [3.63, 3.8) is 0 Å². The van der Waals surface area contributed by atoms with E-state index in [2.05, 4.69) is 10.1 Å². The van der Waals surface area contributed by atoms with Crippen LogP contribution in [0.5, 0.6) is 0 Å². The highest BCUT2D eigenvalue weighted by molar-refractivity contribution is 7.16. The topological polar surface area (TPSA) is 56.2 Å². The van der Waals surface area contributed by atoms with Crippen LogP contribution in [0.2, 0.25) is 4.34 Å². The van der Waals surface area contributed by atoms with Gasteiger partial charge in [-0.2, -0.15) is 5.10 Å². The molecule has 1 unspecified atom stereocenters. The molecule has 0 saturated heterocycles. The Balaban J connectivity index is 1.90. The third-order valence-corrected chi connectivity index (χ3v) is 4.06. The first-order chi connectivity index (χ1) is 8.74. The molecule has 3 aromatic heterocycles. The summed E-state index contributed by atoms with van der Waals surface area (Å²) in [7, 11) is 0. The number of aromatic nitrogens is 3. The summed E-state index contributed by atoms with van der Waals surface area (Å²) < 4.78 is 2.57. The van der Waals surface area contributed by atoms with Crippen molar-refractivity contribution in [2.24, 2.45) is 5.73 Å². The van der Waals surface area contributed by atoms with Gasteiger partial charge in [-0.1, -0.05) is 11.6 Å². The predicted molar refractivity (Wildman–Crippen MR) is 72.9 cm³/mol. The van der Waals surface area contributed by atoms with Crippen LogP contribution in [0.4, 0.5) is 0 Å². The number of hydrogen-bond donors (Lipinski definition) is 1. The first kappa shape index (κ1) is 11.6. The Morgan fingerprint density at radius 1 is 1.39 bits per heavy atom. The molecule has 0 aliphatic carbocycles. The lowest BCUT2D eigenvalue weighted by molar-refractivity contribution is 0.736. The molecule has 0 radical (unpaired) electrons. The van der Waals surface area contributed by atoms with E-state index in [4.69, 9.17) is 17.3 Å². The molecule has 1 atom stereocenters. The number of hydrogen-bond acceptors (Lipinski definition) is 4. The lowest BCUT2D eigenvalue weighted by atomic mass is 10.1. The maximum absolute atomic E-state index is 6.23. The summed E-state index contributed by atoms with van der Waals surface area (Å²) in [5.74, 6) is 0. The van der Waals surface area contributed by atoms with Crippen LogP contribution in [-0.2, 0) is 6.42 Å². The van der Waals surface area contributed by atoms with E-state index >= 15 is 0 Å². The Bertz CT molecular complexity index is 675. The van der Waals surface area contributed by atoms with Crippen molar-refractivity contribution in [2.75, 3.05) is 0 Å². The van der Waals surface area contributed by atoms with E-state index in [-0.39, 0.29) is 6.04 Å². The summed E-state index contributed by atoms with van der Waals surface area (Å²) in [6.07, 6.45) is 7.86. The fraction of sp³-hybridized carbons (Fsp3) is 0.167. The van der Waals surface area contributed by atoms with Gasteiger partial charge in [0.05, 0.1) is 22.2 Å². The Hall–Kier alpha value is -1.43. The Kier molecular flexibility index (Phi) is 3.03. The maximum atomic E-state index is 6.23. The zero-order valence-corrected chi connectivity index (χ0v) is 11.0. The average Bonchev–Trinajstić information content (AvgIpc) is 2.95. The summed E-state index contributed by atoms with van der Waals surface area (Å²) in [5, 5.41) is 4.26. The van der Waals surface area contributed by atoms with Crippen LogP contribution in [-0.4, -0.2) is 14.6 Å². The van der Waals surface area contributed by atoms with Crippen molar-refractivity contribution < 1.29 is 0 Å². The van der Waals surface area contributed by atoms with Gasteiger partial charge in [0.2, 0.25) is 0 Å². The number of fused-ring (bicyclic) bond motifs is 1. The Morgan fingerprint density at radius 3 is 3.06 bits per heavy atom. The van der Waals surface area contributed by atoms with Gasteiger partial charge in [0.1, 0.15) is 0 Å². The number of thiophene rings is 1. The lowest BCUT2D eigenvalue weighted by Gasteiger charge is -2.08. The van der Waals surface area contributed by atoms with Crippen molar-refractivity contribution in [3.05, 3.63) is 51.7 Å². The summed E-state index contributed by atoms with van der Waals surface area (Å²) in [6.45, 7) is 0. The second-order valence-electron chi connectivity index (χ2n) is 4.02. The molecule has 0 aromatic carbocycles. The standard InChI is InChI=1S/C12H11ClN4S/c13-12-2-1-8(18-12)5-10(14)9-6-16-17-4-3-15-7-11(9)17/h1-4,6-7,10H,5,14H2. The zero-order valence-electron chi connectivity index (χ0n) is 9.45. The molecule has 0 fully saturated rings. The fourth-order valence-corrected chi connectivity index (χ4v) is 3.07. The smallest absolute Gasteiger partial charge is 0.0931 e. The van der Waals surface area contributed by atoms with E-state index in [1.807, 2.05) is 18.3 Å². The SMILES string of the molecule is NC(Cc1ccc(Cl)s1)c1cnn2ccncc12. The molecule has 2 N–H and O–H groups in total. The summed E-state index contributed by atoms with van der Waals surface area (Å²) in [6, 6.07) is 3.81. The van der Waals surface area contributed by atoms with Gasteiger partial charge in [-0.05, 0) is 12.1 Å². The molecular weight excluding hydrogens is 268 g/mol. The zero-order chi connectivity index (χ0) is 12.5. The molecule has 3 aromatic rings. The van der Waals surface area contributed by atoms with Crippen molar-refractivity contribution in [1.82, 2.24) is 14.6 Å². The minimum Gasteiger partial charge on any atom is -0.324 e. The average molecular weight is 279 g/mol. The van der Waals surface area contributed by atoms with E-state index in [9.17, 15) is 0 Å². The fourth-order valence-electron chi connectivity index (χ4n) is 1.93. The second kappa shape index (κ2) is 4.68. The molecule has 0 aliphatic rings. The molecule has 0 bridgehead atoms. The molecule has 18 heavy (non-hydrogen) atoms. The number of nitrogens with zero attached hydrogens (tertiary/aromatic N) is 3. The number of rotatable bonds is 3. The van der Waals surface area contributed by atoms with E-state index in [1.165, 1.54) is 4.88 Å². The molecule has 6 heteroatoms. The second-order valence-corrected chi connectivity index (χ2v) is 5.82. The third-order valence-electron chi connectivity index (χ3n) is 2.80. The molecule has 0 aliphatic heterocycles. The summed E-state index contributed by atoms with van der Waals surface area (Å²) >= 11 is 7.48. The van der Waals surface area contributed by atoms with Crippen LogP contribution in [0.1, 0.15) is 16.5 Å². The monoisotopic (exact) mass is 278 g/mol. The van der Waals surface area contributed by atoms with Crippen molar-refractivity contribution in [2.45, 2.75) is 12.5 Å². The largest absolute Gasteiger partial charge is 0.324 e. The molecule has 0 spiro atoms. The van der Waals surface area contributed by atoms with Gasteiger partial charge < -0.3 is 5.73 Å². The van der Waals surface area contributed by atoms with Gasteiger partial charge in [-0.25, -0.2) is 4.52 Å². The van der Waals surface area contributed by atoms with Gasteiger partial charge >= 0.3 is 0 Å². The number of halogens is 1. The van der Waals surface area contributed by atoms with Crippen molar-refractivity contribution in [1.29, 1.82) is 0 Å². The predicted octanol–water partition coefficient (Wildman–Crippen LogP) is 2.69. The van der Waals surface area contributed by atoms with Crippen LogP contribution in [0.25, 0.3) is 5.52 Å². The van der Waals surface area contributed by atoms with Crippen molar-refractivity contribution in [3.8, 4) is 0 Å². The highest BCUT2D eigenvalue weighted by Crippen LogP contribution is 2.26. The number of nitrogens with two attached hydrogens (primary N) is 1. The van der Waals surface area contributed by atoms with Gasteiger partial charge in [-0.15, -0.1) is 11.3 Å². The van der Waals surface area contributed by atoms with Gasteiger partial charge in [0, 0.05) is 35.3 Å². The van der Waals surface area contributed by atoms with Crippen LogP contribution < -0.4 is 5.73 Å². The van der Waals surface area contributed by atoms with E-state index < -0.39 is 0 Å². The van der Waals surface area contributed by atoms with Gasteiger partial charge in [0.15, 0.2) is 0 Å². The first-order valence-electron chi connectivity index (χ1n) is 5.51. The molecule has 4 nitrogen and oxygen atoms in total. The molecule has 3 heterocycles. The quantitative estimate of drug-likeness (QED) is 0.801. The Labute approximate surface area is 113 Å². The molecule has 0 amide bonds. The normalized spacial score (nSPS) is 13.0. The third kappa shape index (κ3) is 2.12. The van der Waals surface area contributed by atoms with Crippen LogP contribution >= 0.6 is 22.9 Å². The summed E-state index contributed by atoms with van der Waals surface area (Å²) in [5.41, 5.74) is 8.19. The van der Waals surface area contributed by atoms with Gasteiger partial charge in [-0.3, -0.25) is 4.98 Å². The molecule has 0 saturated carbocycles. The highest BCUT2D eigenvalue weighted by atomic mass is 35.5. The van der Waals surface area contributed by atoms with Gasteiger partial charge in [0.25, 0.3) is 0 Å². The van der Waals surface area contributed by atoms with Crippen LogP contribution in [0, 0.1) is 0 Å². The molecular formula is C12H11ClN4S. The van der Waals surface area contributed by atoms with Crippen LogP contribution in [0.3, 0.4) is 0 Å². The molecule has 3 rings (SSSR count). The van der Waals surface area contributed by atoms with Crippen molar-refractivity contribution >= 4 is 28.5 Å². The highest BCUT2D eigenvalue weighted by Gasteiger charge is 2.14. The van der Waals surface area contributed by atoms with Crippen LogP contribution in [0.15, 0.2) is 36.9 Å². The lowest BCUT2D eigenvalue weighted by Crippen LogP contribution is -2.12. The van der Waals surface area contributed by atoms with E-state index in [1.54, 1.807) is 34.4 Å². The minimum atomic E-state index is -0.0959. The minimum absolute atomic E-state index is 0.0959. The summed E-state index contributed by atoms with van der Waals surface area (Å²) in [4.78, 5) is 5.28. The van der Waals surface area contributed by atoms with E-state index in [0.717, 1.165) is 21.8 Å². The maximum Gasteiger partial charge on any atom is 0.0931 e.